The summed E-state index contributed by atoms with van der Waals surface area (Å²) in [4.78, 5) is 10.7. The van der Waals surface area contributed by atoms with E-state index in [1.165, 1.54) is 6.08 Å². The fourth-order valence-corrected chi connectivity index (χ4v) is 1.77. The van der Waals surface area contributed by atoms with Crippen LogP contribution in [-0.2, 0) is 24.1 Å². The lowest BCUT2D eigenvalue weighted by Gasteiger charge is -2.09. The van der Waals surface area contributed by atoms with Crippen molar-refractivity contribution >= 4 is 16.4 Å². The predicted octanol–water partition coefficient (Wildman–Crippen LogP) is 0.904. The molecular formula is C12H22O8S. The Labute approximate surface area is 124 Å². The van der Waals surface area contributed by atoms with Crippen LogP contribution >= 0.6 is 0 Å². The molecule has 1 heterocycles. The lowest BCUT2D eigenvalue weighted by Crippen LogP contribution is -2.24. The molecule has 0 bridgehead atoms. The molecule has 0 aromatic rings. The second-order valence-corrected chi connectivity index (χ2v) is 5.44. The van der Waals surface area contributed by atoms with Gasteiger partial charge in [-0.15, -0.1) is 0 Å². The number of hydrogen-bond donors (Lipinski definition) is 3. The highest BCUT2D eigenvalue weighted by Crippen LogP contribution is 2.09. The van der Waals surface area contributed by atoms with Crippen molar-refractivity contribution in [3.8, 4) is 0 Å². The Kier molecular flexibility index (Phi) is 9.38. The maximum atomic E-state index is 10.7. The number of ether oxygens (including phenoxy) is 1. The zero-order valence-corrected chi connectivity index (χ0v) is 12.7. The van der Waals surface area contributed by atoms with Gasteiger partial charge in [-0.05, 0) is 6.42 Å². The van der Waals surface area contributed by atoms with E-state index >= 15 is 0 Å². The number of hydrogen-bond acceptors (Lipinski definition) is 7. The number of carbonyl (C=O) groups excluding carboxylic acids is 1. The SMILES string of the molecule is CCCCCCCC(=O)OS(=O)(=O)O.OC1(O)C=CCO1. The van der Waals surface area contributed by atoms with Gasteiger partial charge < -0.3 is 19.1 Å². The van der Waals surface area contributed by atoms with Gasteiger partial charge in [0, 0.05) is 12.5 Å². The van der Waals surface area contributed by atoms with Gasteiger partial charge in [-0.1, -0.05) is 38.7 Å². The van der Waals surface area contributed by atoms with Crippen molar-refractivity contribution in [1.82, 2.24) is 0 Å². The Morgan fingerprint density at radius 3 is 2.29 bits per heavy atom. The van der Waals surface area contributed by atoms with Crippen LogP contribution in [0.15, 0.2) is 12.2 Å². The van der Waals surface area contributed by atoms with Crippen LogP contribution < -0.4 is 0 Å². The maximum Gasteiger partial charge on any atom is 0.448 e. The summed E-state index contributed by atoms with van der Waals surface area (Å²) >= 11 is 0. The predicted molar refractivity (Wildman–Crippen MR) is 73.3 cm³/mol. The normalized spacial score (nSPS) is 16.2. The highest BCUT2D eigenvalue weighted by atomic mass is 32.3. The molecule has 1 aliphatic rings. The Hall–Kier alpha value is -1.00. The molecule has 0 amide bonds. The maximum absolute atomic E-state index is 10.7. The molecule has 21 heavy (non-hydrogen) atoms. The number of carbonyl (C=O) groups is 1. The van der Waals surface area contributed by atoms with Crippen molar-refractivity contribution in [3.63, 3.8) is 0 Å². The first-order chi connectivity index (χ1) is 9.66. The van der Waals surface area contributed by atoms with E-state index in [4.69, 9.17) is 14.8 Å². The zero-order valence-electron chi connectivity index (χ0n) is 11.9. The molecular weight excluding hydrogens is 304 g/mol. The molecule has 1 rings (SSSR count). The van der Waals surface area contributed by atoms with Gasteiger partial charge in [0.2, 0.25) is 0 Å². The van der Waals surface area contributed by atoms with Crippen molar-refractivity contribution < 1.29 is 36.9 Å². The van der Waals surface area contributed by atoms with Crippen LogP contribution in [0.4, 0.5) is 0 Å². The molecule has 9 heteroatoms. The minimum Gasteiger partial charge on any atom is -0.340 e. The van der Waals surface area contributed by atoms with Crippen molar-refractivity contribution in [2.45, 2.75) is 51.4 Å². The molecule has 0 unspecified atom stereocenters. The Balaban J connectivity index is 0.000000471. The van der Waals surface area contributed by atoms with Crippen LogP contribution in [0.2, 0.25) is 0 Å². The number of unbranched alkanes of at least 4 members (excludes halogenated alkanes) is 4. The van der Waals surface area contributed by atoms with Gasteiger partial charge >= 0.3 is 16.4 Å². The van der Waals surface area contributed by atoms with E-state index in [0.717, 1.165) is 25.7 Å². The molecule has 1 aliphatic heterocycles. The second-order valence-electron chi connectivity index (χ2n) is 4.42. The molecule has 0 aliphatic carbocycles. The smallest absolute Gasteiger partial charge is 0.340 e. The van der Waals surface area contributed by atoms with Gasteiger partial charge in [0.05, 0.1) is 6.61 Å². The first-order valence-electron chi connectivity index (χ1n) is 6.62. The average Bonchev–Trinajstić information content (AvgIpc) is 2.72. The molecule has 3 N–H and O–H groups in total. The molecule has 0 saturated heterocycles. The van der Waals surface area contributed by atoms with Gasteiger partial charge in [0.25, 0.3) is 5.97 Å². The molecule has 0 saturated carbocycles. The van der Waals surface area contributed by atoms with Crippen LogP contribution in [0.3, 0.4) is 0 Å². The van der Waals surface area contributed by atoms with E-state index in [0.29, 0.717) is 6.42 Å². The summed E-state index contributed by atoms with van der Waals surface area (Å²) < 4.78 is 36.4. The molecule has 0 aromatic heterocycles. The molecule has 0 aromatic carbocycles. The summed E-state index contributed by atoms with van der Waals surface area (Å²) in [5.41, 5.74) is 0. The number of aliphatic hydroxyl groups is 2. The van der Waals surface area contributed by atoms with Gasteiger partial charge in [-0.3, -0.25) is 9.35 Å². The third kappa shape index (κ3) is 13.7. The van der Waals surface area contributed by atoms with Crippen LogP contribution in [0.1, 0.15) is 45.4 Å². The molecule has 0 fully saturated rings. The van der Waals surface area contributed by atoms with Crippen molar-refractivity contribution in [2.24, 2.45) is 0 Å². The summed E-state index contributed by atoms with van der Waals surface area (Å²) in [6.45, 7) is 2.36. The van der Waals surface area contributed by atoms with E-state index in [-0.39, 0.29) is 13.0 Å². The molecule has 0 atom stereocenters. The lowest BCUT2D eigenvalue weighted by atomic mass is 10.1. The van der Waals surface area contributed by atoms with E-state index in [1.54, 1.807) is 6.08 Å². The molecule has 8 nitrogen and oxygen atoms in total. The highest BCUT2D eigenvalue weighted by Gasteiger charge is 2.22. The lowest BCUT2D eigenvalue weighted by molar-refractivity contribution is -0.288. The van der Waals surface area contributed by atoms with Crippen LogP contribution in [0.5, 0.6) is 0 Å². The quantitative estimate of drug-likeness (QED) is 0.272. The second kappa shape index (κ2) is 9.85. The average molecular weight is 326 g/mol. The van der Waals surface area contributed by atoms with Gasteiger partial charge in [-0.2, -0.15) is 8.42 Å². The standard InChI is InChI=1S/C8H16O5S.C4H6O3/c1-2-3-4-5-6-7-8(9)13-14(10,11)12;5-4(6)2-1-3-7-4/h2-7H2,1H3,(H,10,11,12);1-2,5-6H,3H2. The summed E-state index contributed by atoms with van der Waals surface area (Å²) in [6, 6.07) is 0. The largest absolute Gasteiger partial charge is 0.448 e. The molecule has 0 radical (unpaired) electrons. The van der Waals surface area contributed by atoms with Gasteiger partial charge in [0.1, 0.15) is 0 Å². The highest BCUT2D eigenvalue weighted by molar-refractivity contribution is 7.81. The summed E-state index contributed by atoms with van der Waals surface area (Å²) in [6.07, 6.45) is 7.46. The van der Waals surface area contributed by atoms with Crippen LogP contribution in [0, 0.1) is 0 Å². The Bertz CT molecular complexity index is 427. The van der Waals surface area contributed by atoms with E-state index in [9.17, 15) is 13.2 Å². The van der Waals surface area contributed by atoms with E-state index in [1.807, 2.05) is 0 Å². The van der Waals surface area contributed by atoms with Crippen molar-refractivity contribution in [2.75, 3.05) is 6.61 Å². The van der Waals surface area contributed by atoms with Crippen LogP contribution in [0.25, 0.3) is 0 Å². The molecule has 124 valence electrons. The summed E-state index contributed by atoms with van der Waals surface area (Å²) in [7, 11) is -4.62. The zero-order chi connectivity index (χ0) is 16.4. The van der Waals surface area contributed by atoms with Gasteiger partial charge in [-0.25, -0.2) is 0 Å². The Morgan fingerprint density at radius 1 is 1.29 bits per heavy atom. The van der Waals surface area contributed by atoms with E-state index < -0.39 is 22.3 Å². The van der Waals surface area contributed by atoms with Crippen molar-refractivity contribution in [1.29, 1.82) is 0 Å². The Morgan fingerprint density at radius 2 is 1.90 bits per heavy atom. The number of rotatable bonds is 7. The first kappa shape index (κ1) is 20.0. The van der Waals surface area contributed by atoms with Crippen molar-refractivity contribution in [3.05, 3.63) is 12.2 Å². The van der Waals surface area contributed by atoms with Gasteiger partial charge in [0.15, 0.2) is 0 Å². The fourth-order valence-electron chi connectivity index (χ4n) is 1.45. The monoisotopic (exact) mass is 326 g/mol. The first-order valence-corrected chi connectivity index (χ1v) is 7.99. The van der Waals surface area contributed by atoms with Crippen LogP contribution in [-0.4, -0.2) is 41.7 Å². The molecule has 0 spiro atoms. The van der Waals surface area contributed by atoms with E-state index in [2.05, 4.69) is 15.8 Å². The third-order valence-electron chi connectivity index (χ3n) is 2.41. The topological polar surface area (TPSA) is 130 Å². The fraction of sp³-hybridized carbons (Fsp3) is 0.750. The minimum absolute atomic E-state index is 0.0313. The summed E-state index contributed by atoms with van der Waals surface area (Å²) in [5.74, 6) is -2.89. The third-order valence-corrected chi connectivity index (χ3v) is 2.81. The summed E-state index contributed by atoms with van der Waals surface area (Å²) in [5, 5.41) is 16.9. The minimum atomic E-state index is -4.62.